The van der Waals surface area contributed by atoms with Crippen molar-refractivity contribution in [2.45, 2.75) is 18.9 Å². The third kappa shape index (κ3) is 4.31. The predicted molar refractivity (Wildman–Crippen MR) is 128 cm³/mol. The zero-order valence-electron chi connectivity index (χ0n) is 17.7. The summed E-state index contributed by atoms with van der Waals surface area (Å²) in [4.78, 5) is 23.7. The van der Waals surface area contributed by atoms with Gasteiger partial charge in [0.2, 0.25) is 0 Å². The topological polar surface area (TPSA) is 84.1 Å². The molecule has 1 aliphatic heterocycles. The van der Waals surface area contributed by atoms with Crippen LogP contribution in [0.1, 0.15) is 23.2 Å². The summed E-state index contributed by atoms with van der Waals surface area (Å²) < 4.78 is 0. The molecule has 0 saturated carbocycles. The lowest BCUT2D eigenvalue weighted by Gasteiger charge is -2.30. The van der Waals surface area contributed by atoms with Crippen molar-refractivity contribution in [3.63, 3.8) is 0 Å². The molecule has 1 fully saturated rings. The molecule has 0 spiro atoms. The first-order valence-electron chi connectivity index (χ1n) is 10.9. The Labute approximate surface area is 187 Å². The number of nitrogens with two attached hydrogens (primary N) is 1. The summed E-state index contributed by atoms with van der Waals surface area (Å²) in [5.41, 5.74) is 9.72. The highest BCUT2D eigenvalue weighted by Gasteiger charge is 2.22. The molecule has 6 heteroatoms. The molecule has 2 aromatic carbocycles. The average molecular weight is 424 g/mol. The van der Waals surface area contributed by atoms with Gasteiger partial charge < -0.3 is 16.0 Å². The lowest BCUT2D eigenvalue weighted by Crippen LogP contribution is -2.45. The zero-order valence-corrected chi connectivity index (χ0v) is 17.7. The number of anilines is 2. The van der Waals surface area contributed by atoms with E-state index in [-0.39, 0.29) is 11.9 Å². The van der Waals surface area contributed by atoms with Crippen molar-refractivity contribution < 1.29 is 4.79 Å². The van der Waals surface area contributed by atoms with Crippen LogP contribution in [0.2, 0.25) is 0 Å². The van der Waals surface area contributed by atoms with Crippen LogP contribution in [0.4, 0.5) is 11.6 Å². The summed E-state index contributed by atoms with van der Waals surface area (Å²) in [7, 11) is 0. The van der Waals surface area contributed by atoms with E-state index < -0.39 is 0 Å². The van der Waals surface area contributed by atoms with E-state index in [0.29, 0.717) is 12.1 Å². The highest BCUT2D eigenvalue weighted by Crippen LogP contribution is 2.26. The van der Waals surface area contributed by atoms with E-state index in [1.807, 2.05) is 59.5 Å². The number of aromatic nitrogens is 2. The predicted octanol–water partition coefficient (Wildman–Crippen LogP) is 4.60. The Kier molecular flexibility index (Phi) is 5.52. The number of amides is 1. The van der Waals surface area contributed by atoms with Crippen LogP contribution in [0, 0.1) is 0 Å². The lowest BCUT2D eigenvalue weighted by atomic mass is 10.0. The minimum Gasteiger partial charge on any atom is -0.337 e. The van der Waals surface area contributed by atoms with Gasteiger partial charge in [-0.15, -0.1) is 0 Å². The third-order valence-electron chi connectivity index (χ3n) is 5.82. The van der Waals surface area contributed by atoms with Crippen LogP contribution >= 0.6 is 0 Å². The molecule has 1 saturated heterocycles. The molecule has 1 amide bonds. The van der Waals surface area contributed by atoms with Gasteiger partial charge in [0.1, 0.15) is 11.6 Å². The van der Waals surface area contributed by atoms with Gasteiger partial charge in [-0.2, -0.15) is 0 Å². The number of hydrogen-bond acceptors (Lipinski definition) is 5. The van der Waals surface area contributed by atoms with Crippen molar-refractivity contribution in [1.82, 2.24) is 14.9 Å². The number of likely N-dealkylation sites (tertiary alicyclic amines) is 1. The molecule has 0 aliphatic carbocycles. The average Bonchev–Trinajstić information content (AvgIpc) is 2.84. The van der Waals surface area contributed by atoms with Gasteiger partial charge in [-0.1, -0.05) is 30.3 Å². The van der Waals surface area contributed by atoms with Crippen LogP contribution in [0.15, 0.2) is 79.0 Å². The van der Waals surface area contributed by atoms with Crippen LogP contribution < -0.4 is 11.1 Å². The molecule has 0 radical (unpaired) electrons. The number of piperidine rings is 1. The van der Waals surface area contributed by atoms with Crippen molar-refractivity contribution >= 4 is 28.4 Å². The van der Waals surface area contributed by atoms with Crippen LogP contribution in [0.25, 0.3) is 22.0 Å². The summed E-state index contributed by atoms with van der Waals surface area (Å²) >= 11 is 0. The number of nitrogens with zero attached hydrogens (tertiary/aromatic N) is 3. The largest absolute Gasteiger partial charge is 0.337 e. The van der Waals surface area contributed by atoms with E-state index in [4.69, 9.17) is 10.7 Å². The van der Waals surface area contributed by atoms with Gasteiger partial charge in [0, 0.05) is 36.3 Å². The van der Waals surface area contributed by atoms with Crippen LogP contribution in [0.5, 0.6) is 0 Å². The van der Waals surface area contributed by atoms with Crippen LogP contribution in [0.3, 0.4) is 0 Å². The number of rotatable bonds is 4. The molecule has 4 aromatic rings. The number of benzene rings is 2. The normalized spacial score (nSPS) is 16.2. The van der Waals surface area contributed by atoms with Crippen LogP contribution in [-0.2, 0) is 0 Å². The summed E-state index contributed by atoms with van der Waals surface area (Å²) in [6.07, 6.45) is 3.69. The van der Waals surface area contributed by atoms with Gasteiger partial charge >= 0.3 is 0 Å². The second kappa shape index (κ2) is 8.77. The number of fused-ring (bicyclic) bond motifs is 1. The second-order valence-corrected chi connectivity index (χ2v) is 8.17. The van der Waals surface area contributed by atoms with Gasteiger partial charge in [-0.25, -0.2) is 9.97 Å². The smallest absolute Gasteiger partial charge is 0.253 e. The highest BCUT2D eigenvalue weighted by atomic mass is 16.2. The fraction of sp³-hybridized carbons (Fsp3) is 0.192. The molecule has 32 heavy (non-hydrogen) atoms. The number of carbonyl (C=O) groups is 1. The first-order chi connectivity index (χ1) is 15.7. The monoisotopic (exact) mass is 423 g/mol. The van der Waals surface area contributed by atoms with Crippen LogP contribution in [-0.4, -0.2) is 39.9 Å². The number of nitrogens with one attached hydrogen (secondary N) is 1. The van der Waals surface area contributed by atoms with Gasteiger partial charge in [-0.05, 0) is 66.4 Å². The molecule has 0 unspecified atom stereocenters. The van der Waals surface area contributed by atoms with Gasteiger partial charge in [-0.3, -0.25) is 4.79 Å². The molecule has 0 bridgehead atoms. The minimum absolute atomic E-state index is 0.0529. The fourth-order valence-corrected chi connectivity index (χ4v) is 4.12. The van der Waals surface area contributed by atoms with Gasteiger partial charge in [0.15, 0.2) is 0 Å². The molecule has 1 aliphatic rings. The van der Waals surface area contributed by atoms with E-state index in [0.717, 1.165) is 53.1 Å². The zero-order chi connectivity index (χ0) is 21.9. The highest BCUT2D eigenvalue weighted by molar-refractivity contribution is 5.95. The molecular weight excluding hydrogens is 398 g/mol. The Morgan fingerprint density at radius 1 is 0.969 bits per heavy atom. The molecule has 5 rings (SSSR count). The standard InChI is InChI=1S/C26H25N5O/c27-22-4-3-15-31(17-22)26(32)20-9-6-18(7-10-20)21-11-8-19-12-13-25(29-23(19)16-21)30-24-5-1-2-14-28-24/h1-2,5-14,16,22H,3-4,15,17,27H2,(H,28,29,30)/t22-/m1/s1. The Balaban J connectivity index is 1.37. The SMILES string of the molecule is N[C@@H]1CCCN(C(=O)c2ccc(-c3ccc4ccc(Nc5ccccn5)nc4c3)cc2)C1. The lowest BCUT2D eigenvalue weighted by molar-refractivity contribution is 0.0709. The quantitative estimate of drug-likeness (QED) is 0.501. The van der Waals surface area contributed by atoms with Gasteiger partial charge in [0.05, 0.1) is 5.52 Å². The van der Waals surface area contributed by atoms with E-state index in [9.17, 15) is 4.79 Å². The fourth-order valence-electron chi connectivity index (χ4n) is 4.12. The molecule has 2 aromatic heterocycles. The van der Waals surface area contributed by atoms with E-state index in [1.54, 1.807) is 6.20 Å². The maximum absolute atomic E-state index is 12.8. The maximum Gasteiger partial charge on any atom is 0.253 e. The van der Waals surface area contributed by atoms with Crippen molar-refractivity contribution in [2.75, 3.05) is 18.4 Å². The summed E-state index contributed by atoms with van der Waals surface area (Å²) in [5, 5.41) is 4.30. The third-order valence-corrected chi connectivity index (χ3v) is 5.82. The summed E-state index contributed by atoms with van der Waals surface area (Å²) in [5.74, 6) is 1.55. The first kappa shape index (κ1) is 20.2. The Morgan fingerprint density at radius 3 is 2.56 bits per heavy atom. The van der Waals surface area contributed by atoms with Crippen molar-refractivity contribution in [3.05, 3.63) is 84.6 Å². The molecular formula is C26H25N5O. The van der Waals surface area contributed by atoms with E-state index in [2.05, 4.69) is 28.5 Å². The van der Waals surface area contributed by atoms with E-state index >= 15 is 0 Å². The van der Waals surface area contributed by atoms with Crippen molar-refractivity contribution in [3.8, 4) is 11.1 Å². The Bertz CT molecular complexity index is 1240. The number of pyridine rings is 2. The maximum atomic E-state index is 12.8. The molecule has 3 heterocycles. The van der Waals surface area contributed by atoms with Crippen molar-refractivity contribution in [1.29, 1.82) is 0 Å². The second-order valence-electron chi connectivity index (χ2n) is 8.17. The number of carbonyl (C=O) groups excluding carboxylic acids is 1. The Hall–Kier alpha value is -3.77. The molecule has 6 nitrogen and oxygen atoms in total. The van der Waals surface area contributed by atoms with Crippen molar-refractivity contribution in [2.24, 2.45) is 5.73 Å². The van der Waals surface area contributed by atoms with Gasteiger partial charge in [0.25, 0.3) is 5.91 Å². The first-order valence-corrected chi connectivity index (χ1v) is 10.9. The molecule has 1 atom stereocenters. The van der Waals surface area contributed by atoms with E-state index in [1.165, 1.54) is 0 Å². The summed E-state index contributed by atoms with van der Waals surface area (Å²) in [6, 6.07) is 23.8. The summed E-state index contributed by atoms with van der Waals surface area (Å²) in [6.45, 7) is 1.41. The Morgan fingerprint density at radius 2 is 1.78 bits per heavy atom. The molecule has 160 valence electrons. The minimum atomic E-state index is 0.0529. The molecule has 3 N–H and O–H groups in total. The number of hydrogen-bond donors (Lipinski definition) is 2.